The van der Waals surface area contributed by atoms with Gasteiger partial charge in [0.15, 0.2) is 0 Å². The highest BCUT2D eigenvalue weighted by Crippen LogP contribution is 2.22. The van der Waals surface area contributed by atoms with Gasteiger partial charge in [0.25, 0.3) is 0 Å². The van der Waals surface area contributed by atoms with Crippen molar-refractivity contribution in [3.63, 3.8) is 0 Å². The molecule has 0 aliphatic carbocycles. The van der Waals surface area contributed by atoms with E-state index >= 15 is 0 Å². The number of rotatable bonds is 10. The molecule has 1 saturated heterocycles. The number of ether oxygens (including phenoxy) is 1. The van der Waals surface area contributed by atoms with E-state index in [9.17, 15) is 24.6 Å². The van der Waals surface area contributed by atoms with E-state index in [1.807, 2.05) is 44.2 Å². The van der Waals surface area contributed by atoms with Gasteiger partial charge in [0.05, 0.1) is 18.1 Å². The summed E-state index contributed by atoms with van der Waals surface area (Å²) in [5, 5.41) is 23.2. The summed E-state index contributed by atoms with van der Waals surface area (Å²) in [6.07, 6.45) is 2.63. The van der Waals surface area contributed by atoms with E-state index < -0.39 is 42.1 Å². The second-order valence-electron chi connectivity index (χ2n) is 11.0. The van der Waals surface area contributed by atoms with Crippen LogP contribution in [0.1, 0.15) is 78.2 Å². The number of nitrogens with zero attached hydrogens (tertiary/aromatic N) is 1. The summed E-state index contributed by atoms with van der Waals surface area (Å²) >= 11 is 0. The Morgan fingerprint density at radius 3 is 2.38 bits per heavy atom. The van der Waals surface area contributed by atoms with Gasteiger partial charge in [-0.15, -0.1) is 0 Å². The number of carbonyl (C=O) groups is 3. The van der Waals surface area contributed by atoms with E-state index in [0.29, 0.717) is 19.3 Å². The molecule has 0 aromatic heterocycles. The molecule has 6 atom stereocenters. The molecule has 0 radical (unpaired) electrons. The molecule has 208 valence electrons. The second kappa shape index (κ2) is 15.1. The second-order valence-corrected chi connectivity index (χ2v) is 11.0. The topological polar surface area (TPSA) is 116 Å². The van der Waals surface area contributed by atoms with Crippen molar-refractivity contribution in [1.82, 2.24) is 10.2 Å². The van der Waals surface area contributed by atoms with Crippen molar-refractivity contribution in [2.75, 3.05) is 7.05 Å². The van der Waals surface area contributed by atoms with Crippen molar-refractivity contribution in [2.45, 2.75) is 109 Å². The number of nitrogens with one attached hydrogen (secondary N) is 1. The lowest BCUT2D eigenvalue weighted by Crippen LogP contribution is -2.56. The number of amides is 2. The average Bonchev–Trinajstić information content (AvgIpc) is 2.84. The molecule has 8 nitrogen and oxygen atoms in total. The van der Waals surface area contributed by atoms with E-state index in [0.717, 1.165) is 24.8 Å². The molecule has 1 aromatic carbocycles. The normalized spacial score (nSPS) is 26.8. The highest BCUT2D eigenvalue weighted by Gasteiger charge is 2.37. The molecule has 2 rings (SSSR count). The minimum absolute atomic E-state index is 0.132. The quantitative estimate of drug-likeness (QED) is 0.324. The number of carbonyl (C=O) groups excluding carboxylic acids is 3. The van der Waals surface area contributed by atoms with Crippen molar-refractivity contribution in [2.24, 2.45) is 11.8 Å². The Balaban J connectivity index is 2.29. The predicted molar refractivity (Wildman–Crippen MR) is 143 cm³/mol. The van der Waals surface area contributed by atoms with Gasteiger partial charge in [-0.2, -0.15) is 0 Å². The van der Waals surface area contributed by atoms with E-state index in [-0.39, 0.29) is 30.8 Å². The van der Waals surface area contributed by atoms with Crippen LogP contribution in [0.15, 0.2) is 30.3 Å². The molecule has 1 aliphatic heterocycles. The molecule has 37 heavy (non-hydrogen) atoms. The zero-order valence-corrected chi connectivity index (χ0v) is 23.1. The fourth-order valence-corrected chi connectivity index (χ4v) is 4.72. The molecule has 0 unspecified atom stereocenters. The van der Waals surface area contributed by atoms with Crippen LogP contribution >= 0.6 is 0 Å². The monoisotopic (exact) mass is 518 g/mol. The predicted octanol–water partition coefficient (Wildman–Crippen LogP) is 3.23. The number of hydrogen-bond acceptors (Lipinski definition) is 6. The lowest BCUT2D eigenvalue weighted by Gasteiger charge is -2.34. The van der Waals surface area contributed by atoms with Crippen LogP contribution in [0.3, 0.4) is 0 Å². The SMILES string of the molecule is CC(C)C[C@H]1C(=O)O[C@H](CCCCC[C@@H](C)O)C[C@@H](O)[C@@H](C)C(=O)N[C@H](Cc2ccccc2)C(=O)N1C. The number of aliphatic hydroxyl groups is 2. The van der Waals surface area contributed by atoms with E-state index in [4.69, 9.17) is 4.74 Å². The Bertz CT molecular complexity index is 859. The molecular formula is C29H46N2O6. The summed E-state index contributed by atoms with van der Waals surface area (Å²) in [7, 11) is 1.59. The van der Waals surface area contributed by atoms with E-state index in [1.54, 1.807) is 20.9 Å². The van der Waals surface area contributed by atoms with Crippen LogP contribution < -0.4 is 5.32 Å². The van der Waals surface area contributed by atoms with Gasteiger partial charge < -0.3 is 25.2 Å². The molecule has 1 aliphatic rings. The number of unbranched alkanes of at least 4 members (excludes halogenated alkanes) is 2. The van der Waals surface area contributed by atoms with E-state index in [1.165, 1.54) is 4.90 Å². The van der Waals surface area contributed by atoms with Crippen molar-refractivity contribution >= 4 is 17.8 Å². The Morgan fingerprint density at radius 1 is 1.08 bits per heavy atom. The molecule has 3 N–H and O–H groups in total. The van der Waals surface area contributed by atoms with Gasteiger partial charge in [0, 0.05) is 19.9 Å². The Morgan fingerprint density at radius 2 is 1.76 bits per heavy atom. The highest BCUT2D eigenvalue weighted by molar-refractivity contribution is 5.91. The molecule has 1 fully saturated rings. The van der Waals surface area contributed by atoms with Gasteiger partial charge in [-0.1, -0.05) is 63.9 Å². The summed E-state index contributed by atoms with van der Waals surface area (Å²) in [6.45, 7) is 7.35. The van der Waals surface area contributed by atoms with Gasteiger partial charge in [-0.3, -0.25) is 9.59 Å². The molecule has 8 heteroatoms. The molecular weight excluding hydrogens is 472 g/mol. The molecule has 0 bridgehead atoms. The van der Waals surface area contributed by atoms with Crippen molar-refractivity contribution < 1.29 is 29.3 Å². The maximum absolute atomic E-state index is 13.6. The number of likely N-dealkylation sites (N-methyl/N-ethyl adjacent to an activating group) is 1. The van der Waals surface area contributed by atoms with Crippen molar-refractivity contribution in [1.29, 1.82) is 0 Å². The van der Waals surface area contributed by atoms with Crippen LogP contribution in [0.4, 0.5) is 0 Å². The maximum Gasteiger partial charge on any atom is 0.329 e. The maximum atomic E-state index is 13.6. The van der Waals surface area contributed by atoms with Crippen molar-refractivity contribution in [3.8, 4) is 0 Å². The number of hydrogen-bond donors (Lipinski definition) is 3. The minimum atomic E-state index is -1.02. The average molecular weight is 519 g/mol. The Kier molecular flexibility index (Phi) is 12.5. The fraction of sp³-hybridized carbons (Fsp3) is 0.690. The zero-order valence-electron chi connectivity index (χ0n) is 23.1. The van der Waals surface area contributed by atoms with Crippen LogP contribution in [0.25, 0.3) is 0 Å². The number of aliphatic hydroxyl groups excluding tert-OH is 2. The standard InChI is InChI=1S/C29H46N2O6/c1-19(2)16-25-29(36)37-23(15-11-6-8-12-20(3)32)18-26(33)21(4)27(34)30-24(28(35)31(25)5)17-22-13-9-7-10-14-22/h7,9-10,13-14,19-21,23-26,32-33H,6,8,11-12,15-18H2,1-5H3,(H,30,34)/t20-,21-,23-,24-,25+,26-/m1/s1. The minimum Gasteiger partial charge on any atom is -0.461 e. The number of esters is 1. The Labute approximate surface area is 221 Å². The number of benzene rings is 1. The van der Waals surface area contributed by atoms with Crippen LogP contribution in [-0.2, 0) is 25.5 Å². The summed E-state index contributed by atoms with van der Waals surface area (Å²) in [5.41, 5.74) is 0.883. The van der Waals surface area contributed by atoms with Crippen LogP contribution in [0.2, 0.25) is 0 Å². The van der Waals surface area contributed by atoms with Crippen LogP contribution in [0.5, 0.6) is 0 Å². The Hall–Kier alpha value is -2.45. The summed E-state index contributed by atoms with van der Waals surface area (Å²) in [6, 6.07) is 7.73. The summed E-state index contributed by atoms with van der Waals surface area (Å²) in [4.78, 5) is 41.6. The molecule has 1 aromatic rings. The third-order valence-corrected chi connectivity index (χ3v) is 7.11. The summed E-state index contributed by atoms with van der Waals surface area (Å²) < 4.78 is 5.92. The lowest BCUT2D eigenvalue weighted by molar-refractivity contribution is -0.163. The smallest absolute Gasteiger partial charge is 0.329 e. The first-order valence-corrected chi connectivity index (χ1v) is 13.7. The van der Waals surface area contributed by atoms with Crippen molar-refractivity contribution in [3.05, 3.63) is 35.9 Å². The van der Waals surface area contributed by atoms with Crippen LogP contribution in [0, 0.1) is 11.8 Å². The van der Waals surface area contributed by atoms with Gasteiger partial charge in [0.2, 0.25) is 11.8 Å². The molecule has 0 saturated carbocycles. The van der Waals surface area contributed by atoms with Gasteiger partial charge in [-0.05, 0) is 44.1 Å². The largest absolute Gasteiger partial charge is 0.461 e. The van der Waals surface area contributed by atoms with Gasteiger partial charge >= 0.3 is 5.97 Å². The first-order valence-electron chi connectivity index (χ1n) is 13.7. The first kappa shape index (κ1) is 30.8. The third-order valence-electron chi connectivity index (χ3n) is 7.11. The zero-order chi connectivity index (χ0) is 27.5. The molecule has 1 heterocycles. The molecule has 2 amide bonds. The lowest BCUT2D eigenvalue weighted by atomic mass is 9.94. The fourth-order valence-electron chi connectivity index (χ4n) is 4.72. The third kappa shape index (κ3) is 10.1. The van der Waals surface area contributed by atoms with Gasteiger partial charge in [0.1, 0.15) is 18.2 Å². The summed E-state index contributed by atoms with van der Waals surface area (Å²) in [5.74, 6) is -1.90. The highest BCUT2D eigenvalue weighted by atomic mass is 16.5. The van der Waals surface area contributed by atoms with E-state index in [2.05, 4.69) is 5.32 Å². The molecule has 0 spiro atoms. The number of cyclic esters (lactones) is 1. The van der Waals surface area contributed by atoms with Crippen LogP contribution in [-0.4, -0.2) is 70.3 Å². The first-order chi connectivity index (χ1) is 17.5. The van der Waals surface area contributed by atoms with Gasteiger partial charge in [-0.25, -0.2) is 4.79 Å².